The van der Waals surface area contributed by atoms with Gasteiger partial charge in [-0.3, -0.25) is 10.1 Å². The predicted octanol–water partition coefficient (Wildman–Crippen LogP) is 1.73. The number of para-hydroxylation sites is 2. The van der Waals surface area contributed by atoms with E-state index in [1.54, 1.807) is 31.2 Å². The van der Waals surface area contributed by atoms with Crippen LogP contribution in [0.15, 0.2) is 24.3 Å². The molecule has 1 aromatic carbocycles. The molecule has 0 saturated heterocycles. The molecule has 1 aromatic heterocycles. The lowest BCUT2D eigenvalue weighted by Crippen LogP contribution is -2.32. The van der Waals surface area contributed by atoms with Crippen LogP contribution in [0, 0.1) is 0 Å². The van der Waals surface area contributed by atoms with E-state index in [0.717, 1.165) is 0 Å². The van der Waals surface area contributed by atoms with Crippen LogP contribution in [0.25, 0.3) is 11.0 Å². The quantitative estimate of drug-likeness (QED) is 0.805. The fourth-order valence-corrected chi connectivity index (χ4v) is 2.04. The zero-order chi connectivity index (χ0) is 17.5. The van der Waals surface area contributed by atoms with Gasteiger partial charge in [0.2, 0.25) is 5.95 Å². The van der Waals surface area contributed by atoms with Crippen molar-refractivity contribution in [3.8, 4) is 0 Å². The summed E-state index contributed by atoms with van der Waals surface area (Å²) < 4.78 is 10.5. The van der Waals surface area contributed by atoms with E-state index in [0.29, 0.717) is 11.0 Å². The van der Waals surface area contributed by atoms with Gasteiger partial charge >= 0.3 is 18.1 Å². The molecule has 128 valence electrons. The summed E-state index contributed by atoms with van der Waals surface area (Å²) in [6.45, 7) is 2.09. The third-order valence-corrected chi connectivity index (χ3v) is 3.07. The van der Waals surface area contributed by atoms with Gasteiger partial charge in [0.15, 0.2) is 0 Å². The molecule has 0 aliphatic carbocycles. The molecule has 2 amide bonds. The SMILES string of the molecule is CCOC(=O)CCNC(=O)n1c(NC(=O)OC)nc2ccccc21. The van der Waals surface area contributed by atoms with Crippen LogP contribution in [0.3, 0.4) is 0 Å². The number of fused-ring (bicyclic) bond motifs is 1. The Hall–Kier alpha value is -3.10. The molecule has 1 heterocycles. The molecule has 24 heavy (non-hydrogen) atoms. The molecule has 9 heteroatoms. The molecule has 0 atom stereocenters. The number of hydrogen-bond donors (Lipinski definition) is 2. The topological polar surface area (TPSA) is 112 Å². The fourth-order valence-electron chi connectivity index (χ4n) is 2.04. The minimum absolute atomic E-state index is 0.0247. The molecule has 0 aliphatic heterocycles. The number of anilines is 1. The Morgan fingerprint density at radius 2 is 2.00 bits per heavy atom. The van der Waals surface area contributed by atoms with Gasteiger partial charge in [0.25, 0.3) is 0 Å². The van der Waals surface area contributed by atoms with Gasteiger partial charge in [0.05, 0.1) is 31.2 Å². The van der Waals surface area contributed by atoms with Gasteiger partial charge in [0.1, 0.15) is 0 Å². The highest BCUT2D eigenvalue weighted by atomic mass is 16.5. The van der Waals surface area contributed by atoms with Crippen molar-refractivity contribution in [3.05, 3.63) is 24.3 Å². The van der Waals surface area contributed by atoms with Crippen LogP contribution in [-0.4, -0.2) is 47.9 Å². The fraction of sp³-hybridized carbons (Fsp3) is 0.333. The Morgan fingerprint density at radius 1 is 1.25 bits per heavy atom. The second-order valence-electron chi connectivity index (χ2n) is 4.66. The number of rotatable bonds is 5. The Balaban J connectivity index is 2.18. The Kier molecular flexibility index (Phi) is 5.72. The molecule has 0 bridgehead atoms. The summed E-state index contributed by atoms with van der Waals surface area (Å²) >= 11 is 0. The van der Waals surface area contributed by atoms with Crippen LogP contribution in [0.2, 0.25) is 0 Å². The molecule has 2 aromatic rings. The molecular weight excluding hydrogens is 316 g/mol. The number of hydrogen-bond acceptors (Lipinski definition) is 6. The van der Waals surface area contributed by atoms with E-state index in [1.165, 1.54) is 11.7 Å². The van der Waals surface area contributed by atoms with Crippen LogP contribution < -0.4 is 10.6 Å². The minimum atomic E-state index is -0.745. The van der Waals surface area contributed by atoms with E-state index in [-0.39, 0.29) is 25.5 Å². The van der Waals surface area contributed by atoms with Crippen molar-refractivity contribution in [2.24, 2.45) is 0 Å². The summed E-state index contributed by atoms with van der Waals surface area (Å²) in [5.74, 6) is -0.377. The highest BCUT2D eigenvalue weighted by molar-refractivity contribution is 5.96. The maximum atomic E-state index is 12.4. The second kappa shape index (κ2) is 7.95. The molecule has 0 saturated carbocycles. The smallest absolute Gasteiger partial charge is 0.413 e. The molecule has 2 N–H and O–H groups in total. The van der Waals surface area contributed by atoms with Crippen LogP contribution >= 0.6 is 0 Å². The van der Waals surface area contributed by atoms with Crippen molar-refractivity contribution in [1.29, 1.82) is 0 Å². The lowest BCUT2D eigenvalue weighted by molar-refractivity contribution is -0.142. The zero-order valence-corrected chi connectivity index (χ0v) is 13.4. The van der Waals surface area contributed by atoms with E-state index in [4.69, 9.17) is 4.74 Å². The first kappa shape index (κ1) is 17.3. The summed E-state index contributed by atoms with van der Waals surface area (Å²) in [7, 11) is 1.21. The minimum Gasteiger partial charge on any atom is -0.466 e. The highest BCUT2D eigenvalue weighted by Crippen LogP contribution is 2.19. The summed E-state index contributed by atoms with van der Waals surface area (Å²) in [6, 6.07) is 6.38. The van der Waals surface area contributed by atoms with Gasteiger partial charge in [-0.25, -0.2) is 19.1 Å². The normalized spacial score (nSPS) is 10.2. The molecule has 2 rings (SSSR count). The van der Waals surface area contributed by atoms with Gasteiger partial charge in [-0.05, 0) is 19.1 Å². The van der Waals surface area contributed by atoms with Crippen molar-refractivity contribution in [2.75, 3.05) is 25.6 Å². The van der Waals surface area contributed by atoms with E-state index in [9.17, 15) is 14.4 Å². The van der Waals surface area contributed by atoms with Crippen molar-refractivity contribution >= 4 is 35.1 Å². The van der Waals surface area contributed by atoms with Crippen molar-refractivity contribution in [3.63, 3.8) is 0 Å². The van der Waals surface area contributed by atoms with Crippen LogP contribution in [-0.2, 0) is 14.3 Å². The number of aromatic nitrogens is 2. The number of benzene rings is 1. The highest BCUT2D eigenvalue weighted by Gasteiger charge is 2.18. The van der Waals surface area contributed by atoms with E-state index >= 15 is 0 Å². The summed E-state index contributed by atoms with van der Waals surface area (Å²) in [6.07, 6.45) is -0.697. The number of methoxy groups -OCH3 is 1. The first-order chi connectivity index (χ1) is 11.6. The van der Waals surface area contributed by atoms with Crippen molar-refractivity contribution in [1.82, 2.24) is 14.9 Å². The average molecular weight is 334 g/mol. The second-order valence-corrected chi connectivity index (χ2v) is 4.66. The van der Waals surface area contributed by atoms with Crippen LogP contribution in [0.1, 0.15) is 13.3 Å². The van der Waals surface area contributed by atoms with E-state index in [2.05, 4.69) is 20.4 Å². The van der Waals surface area contributed by atoms with Crippen molar-refractivity contribution in [2.45, 2.75) is 13.3 Å². The Bertz CT molecular complexity index is 755. The number of nitrogens with one attached hydrogen (secondary N) is 2. The number of imidazole rings is 1. The Morgan fingerprint density at radius 3 is 2.71 bits per heavy atom. The number of nitrogens with zero attached hydrogens (tertiary/aromatic N) is 2. The number of ether oxygens (including phenoxy) is 2. The van der Waals surface area contributed by atoms with E-state index in [1.807, 2.05) is 0 Å². The molecule has 0 fully saturated rings. The summed E-state index contributed by atoms with van der Waals surface area (Å²) in [5, 5.41) is 4.98. The first-order valence-electron chi connectivity index (χ1n) is 7.33. The first-order valence-corrected chi connectivity index (χ1v) is 7.33. The maximum absolute atomic E-state index is 12.4. The third kappa shape index (κ3) is 4.00. The average Bonchev–Trinajstić information content (AvgIpc) is 2.92. The zero-order valence-electron chi connectivity index (χ0n) is 13.4. The molecule has 0 radical (unpaired) electrons. The molecular formula is C15H18N4O5. The van der Waals surface area contributed by atoms with Gasteiger partial charge < -0.3 is 14.8 Å². The van der Waals surface area contributed by atoms with Crippen LogP contribution in [0.5, 0.6) is 0 Å². The molecule has 0 aliphatic rings. The molecule has 9 nitrogen and oxygen atoms in total. The number of carbonyl (C=O) groups is 3. The molecule has 0 unspecified atom stereocenters. The summed E-state index contributed by atoms with van der Waals surface area (Å²) in [5.41, 5.74) is 1.04. The molecule has 0 spiro atoms. The number of amides is 2. The Labute approximate surface area is 137 Å². The number of esters is 1. The van der Waals surface area contributed by atoms with Crippen LogP contribution in [0.4, 0.5) is 15.5 Å². The monoisotopic (exact) mass is 334 g/mol. The maximum Gasteiger partial charge on any atom is 0.413 e. The summed E-state index contributed by atoms with van der Waals surface area (Å²) in [4.78, 5) is 39.3. The van der Waals surface area contributed by atoms with Gasteiger partial charge in [0, 0.05) is 6.54 Å². The van der Waals surface area contributed by atoms with Crippen molar-refractivity contribution < 1.29 is 23.9 Å². The van der Waals surface area contributed by atoms with E-state index < -0.39 is 18.1 Å². The lowest BCUT2D eigenvalue weighted by atomic mass is 10.3. The van der Waals surface area contributed by atoms with Gasteiger partial charge in [-0.2, -0.15) is 0 Å². The largest absolute Gasteiger partial charge is 0.466 e. The standard InChI is InChI=1S/C15H18N4O5/c1-3-24-12(20)8-9-16-14(21)19-11-7-5-4-6-10(11)17-13(19)18-15(22)23-2/h4-7H,3,8-9H2,1-2H3,(H,16,21)(H,17,18,22). The number of carbonyl (C=O) groups excluding carboxylic acids is 3. The predicted molar refractivity (Wildman–Crippen MR) is 85.8 cm³/mol. The van der Waals surface area contributed by atoms with Gasteiger partial charge in [-0.15, -0.1) is 0 Å². The third-order valence-electron chi connectivity index (χ3n) is 3.07. The van der Waals surface area contributed by atoms with Gasteiger partial charge in [-0.1, -0.05) is 12.1 Å². The lowest BCUT2D eigenvalue weighted by Gasteiger charge is -2.09.